The lowest BCUT2D eigenvalue weighted by atomic mass is 9.48. The van der Waals surface area contributed by atoms with E-state index in [1.165, 1.54) is 50.2 Å². The van der Waals surface area contributed by atoms with Crippen LogP contribution in [-0.4, -0.2) is 36.0 Å². The van der Waals surface area contributed by atoms with Crippen molar-refractivity contribution in [2.75, 3.05) is 18.5 Å². The normalized spacial score (nSPS) is 26.7. The van der Waals surface area contributed by atoms with Gasteiger partial charge in [0.1, 0.15) is 5.57 Å². The Kier molecular flexibility index (Phi) is 7.08. The number of benzene rings is 2. The highest BCUT2D eigenvalue weighted by Crippen LogP contribution is 2.60. The van der Waals surface area contributed by atoms with Gasteiger partial charge in [0.2, 0.25) is 0 Å². The SMILES string of the molecule is CCOc1cc(C=C2C(=O)NC(=S)NC2=O)ccc1OCC(=O)Nc1ccc(C23CC4CC(CC(C4)C2)C3)cc1. The second-order valence-corrected chi connectivity index (χ2v) is 12.0. The number of hydrogen-bond acceptors (Lipinski definition) is 6. The molecule has 40 heavy (non-hydrogen) atoms. The van der Waals surface area contributed by atoms with Gasteiger partial charge in [0.25, 0.3) is 17.7 Å². The summed E-state index contributed by atoms with van der Waals surface area (Å²) in [5.74, 6) is 2.03. The van der Waals surface area contributed by atoms with E-state index in [-0.39, 0.29) is 23.2 Å². The van der Waals surface area contributed by atoms with Crippen LogP contribution in [0.1, 0.15) is 56.6 Å². The highest BCUT2D eigenvalue weighted by Gasteiger charge is 2.51. The lowest BCUT2D eigenvalue weighted by molar-refractivity contribution is -0.123. The standard InChI is InChI=1S/C31H33N3O5S/c1-2-38-26-13-18(12-24-28(36)33-30(40)34-29(24)37)3-8-25(26)39-17-27(35)32-23-6-4-22(5-7-23)31-14-19-9-20(15-31)11-21(10-19)16-31/h3-8,12-13,19-21H,2,9-11,14-17H2,1H3,(H,32,35)(H2,33,34,36,37,40). The third-order valence-electron chi connectivity index (χ3n) is 8.70. The molecule has 0 unspecified atom stereocenters. The summed E-state index contributed by atoms with van der Waals surface area (Å²) in [4.78, 5) is 37.0. The predicted molar refractivity (Wildman–Crippen MR) is 155 cm³/mol. The zero-order chi connectivity index (χ0) is 27.9. The molecule has 2 aromatic rings. The zero-order valence-electron chi connectivity index (χ0n) is 22.5. The van der Waals surface area contributed by atoms with E-state index in [2.05, 4.69) is 28.1 Å². The summed E-state index contributed by atoms with van der Waals surface area (Å²) in [7, 11) is 0. The van der Waals surface area contributed by atoms with E-state index in [9.17, 15) is 14.4 Å². The van der Waals surface area contributed by atoms with Crippen LogP contribution in [0.2, 0.25) is 0 Å². The fourth-order valence-electron chi connectivity index (χ4n) is 7.49. The van der Waals surface area contributed by atoms with Crippen molar-refractivity contribution < 1.29 is 23.9 Å². The van der Waals surface area contributed by atoms with Crippen LogP contribution in [0.4, 0.5) is 5.69 Å². The number of amides is 3. The van der Waals surface area contributed by atoms with Crippen molar-refractivity contribution in [1.29, 1.82) is 0 Å². The van der Waals surface area contributed by atoms with Gasteiger partial charge in [0.15, 0.2) is 23.2 Å². The van der Waals surface area contributed by atoms with Crippen molar-refractivity contribution in [1.82, 2.24) is 10.6 Å². The van der Waals surface area contributed by atoms with Gasteiger partial charge in [0, 0.05) is 5.69 Å². The first-order chi connectivity index (χ1) is 19.3. The molecule has 0 spiro atoms. The molecule has 5 aliphatic rings. The first kappa shape index (κ1) is 26.5. The van der Waals surface area contributed by atoms with Crippen molar-refractivity contribution in [3.8, 4) is 11.5 Å². The summed E-state index contributed by atoms with van der Waals surface area (Å²) >= 11 is 4.83. The summed E-state index contributed by atoms with van der Waals surface area (Å²) in [6.07, 6.45) is 9.63. The highest BCUT2D eigenvalue weighted by atomic mass is 32.1. The average molecular weight is 560 g/mol. The Morgan fingerprint density at radius 3 is 2.17 bits per heavy atom. The van der Waals surface area contributed by atoms with Crippen molar-refractivity contribution in [2.24, 2.45) is 17.8 Å². The molecule has 5 fully saturated rings. The number of rotatable bonds is 8. The molecule has 0 radical (unpaired) electrons. The molecular formula is C31H33N3O5S. The van der Waals surface area contributed by atoms with E-state index < -0.39 is 11.8 Å². The third kappa shape index (κ3) is 5.35. The van der Waals surface area contributed by atoms with Crippen molar-refractivity contribution in [3.63, 3.8) is 0 Å². The van der Waals surface area contributed by atoms with Crippen LogP contribution < -0.4 is 25.4 Å². The molecule has 208 valence electrons. The van der Waals surface area contributed by atoms with Crippen molar-refractivity contribution >= 4 is 46.8 Å². The smallest absolute Gasteiger partial charge is 0.263 e. The Morgan fingerprint density at radius 1 is 0.950 bits per heavy atom. The largest absolute Gasteiger partial charge is 0.490 e. The van der Waals surface area contributed by atoms with Crippen LogP contribution in [0.25, 0.3) is 6.08 Å². The lowest BCUT2D eigenvalue weighted by Crippen LogP contribution is -2.51. The maximum Gasteiger partial charge on any atom is 0.263 e. The number of carbonyl (C=O) groups is 3. The van der Waals surface area contributed by atoms with Crippen molar-refractivity contribution in [3.05, 3.63) is 59.2 Å². The van der Waals surface area contributed by atoms with Crippen LogP contribution in [0.3, 0.4) is 0 Å². The Bertz CT molecular complexity index is 1340. The van der Waals surface area contributed by atoms with Crippen molar-refractivity contribution in [2.45, 2.75) is 50.9 Å². The number of nitrogens with one attached hydrogen (secondary N) is 3. The van der Waals surface area contributed by atoms with Gasteiger partial charge >= 0.3 is 0 Å². The number of anilines is 1. The Hall–Kier alpha value is -3.72. The van der Waals surface area contributed by atoms with Gasteiger partial charge in [0.05, 0.1) is 6.61 Å². The second-order valence-electron chi connectivity index (χ2n) is 11.5. The molecule has 0 atom stereocenters. The third-order valence-corrected chi connectivity index (χ3v) is 8.90. The van der Waals surface area contributed by atoms with Crippen LogP contribution in [0.15, 0.2) is 48.0 Å². The molecule has 0 aromatic heterocycles. The molecule has 4 aliphatic carbocycles. The Balaban J connectivity index is 1.08. The molecule has 2 aromatic carbocycles. The molecule has 7 rings (SSSR count). The molecule has 1 aliphatic heterocycles. The van der Waals surface area contributed by atoms with Gasteiger partial charge < -0.3 is 14.8 Å². The van der Waals surface area contributed by atoms with Crippen LogP contribution >= 0.6 is 12.2 Å². The van der Waals surface area contributed by atoms with E-state index in [1.807, 2.05) is 19.1 Å². The van der Waals surface area contributed by atoms with Gasteiger partial charge in [-0.15, -0.1) is 0 Å². The monoisotopic (exact) mass is 559 g/mol. The van der Waals surface area contributed by atoms with Crippen LogP contribution in [-0.2, 0) is 19.8 Å². The number of hydrogen-bond donors (Lipinski definition) is 3. The quantitative estimate of drug-likeness (QED) is 0.250. The van der Waals surface area contributed by atoms with Gasteiger partial charge in [-0.1, -0.05) is 18.2 Å². The molecule has 1 saturated heterocycles. The fraction of sp³-hybridized carbons (Fsp3) is 0.419. The summed E-state index contributed by atoms with van der Waals surface area (Å²) in [5, 5.41) is 7.72. The van der Waals surface area contributed by atoms with E-state index in [0.717, 1.165) is 23.4 Å². The predicted octanol–water partition coefficient (Wildman–Crippen LogP) is 4.48. The molecule has 4 saturated carbocycles. The number of carbonyl (C=O) groups excluding carboxylic acids is 3. The molecule has 8 nitrogen and oxygen atoms in total. The maximum atomic E-state index is 12.7. The zero-order valence-corrected chi connectivity index (χ0v) is 23.3. The van der Waals surface area contributed by atoms with Gasteiger partial charge in [-0.3, -0.25) is 25.0 Å². The van der Waals surface area contributed by atoms with Gasteiger partial charge in [-0.05, 0) is 122 Å². The minimum atomic E-state index is -0.574. The molecule has 3 N–H and O–H groups in total. The van der Waals surface area contributed by atoms with E-state index in [4.69, 9.17) is 21.7 Å². The minimum absolute atomic E-state index is 0.0252. The maximum absolute atomic E-state index is 12.7. The van der Waals surface area contributed by atoms with Gasteiger partial charge in [-0.25, -0.2) is 0 Å². The number of thiocarbonyl (C=S) groups is 1. The summed E-state index contributed by atoms with van der Waals surface area (Å²) in [6, 6.07) is 13.4. The summed E-state index contributed by atoms with van der Waals surface area (Å²) in [6.45, 7) is 2.01. The minimum Gasteiger partial charge on any atom is -0.490 e. The first-order valence-corrected chi connectivity index (χ1v) is 14.4. The fourth-order valence-corrected chi connectivity index (χ4v) is 7.67. The van der Waals surface area contributed by atoms with Gasteiger partial charge in [-0.2, -0.15) is 0 Å². The number of ether oxygens (including phenoxy) is 2. The van der Waals surface area contributed by atoms with E-state index in [1.54, 1.807) is 18.2 Å². The second kappa shape index (κ2) is 10.7. The topological polar surface area (TPSA) is 106 Å². The van der Waals surface area contributed by atoms with Crippen LogP contribution in [0.5, 0.6) is 11.5 Å². The molecular weight excluding hydrogens is 526 g/mol. The molecule has 1 heterocycles. The van der Waals surface area contributed by atoms with E-state index in [0.29, 0.717) is 29.1 Å². The lowest BCUT2D eigenvalue weighted by Gasteiger charge is -2.57. The first-order valence-electron chi connectivity index (χ1n) is 14.0. The van der Waals surface area contributed by atoms with Crippen LogP contribution in [0, 0.1) is 17.8 Å². The molecule has 9 heteroatoms. The summed E-state index contributed by atoms with van der Waals surface area (Å²) < 4.78 is 11.5. The molecule has 3 amide bonds. The van der Waals surface area contributed by atoms with E-state index >= 15 is 0 Å². The highest BCUT2D eigenvalue weighted by molar-refractivity contribution is 7.80. The Labute approximate surface area is 238 Å². The molecule has 4 bridgehead atoms. The average Bonchev–Trinajstić information content (AvgIpc) is 2.90. The Morgan fingerprint density at radius 2 is 1.57 bits per heavy atom. The summed E-state index contributed by atoms with van der Waals surface area (Å²) in [5.41, 5.74) is 2.99.